The summed E-state index contributed by atoms with van der Waals surface area (Å²) in [4.78, 5) is 26.2. The Balaban J connectivity index is 2.81. The zero-order valence-electron chi connectivity index (χ0n) is 15.1. The number of likely N-dealkylation sites (N-methyl/N-ethyl adjacent to an activating group) is 2. The van der Waals surface area contributed by atoms with Gasteiger partial charge in [-0.15, -0.1) is 0 Å². The highest BCUT2D eigenvalue weighted by atomic mass is 16.2. The molecule has 0 aliphatic rings. The number of aryl methyl sites for hydroxylation is 3. The summed E-state index contributed by atoms with van der Waals surface area (Å²) in [6, 6.07) is 3.74. The minimum atomic E-state index is -0.372. The van der Waals surface area contributed by atoms with Gasteiger partial charge in [-0.2, -0.15) is 0 Å². The van der Waals surface area contributed by atoms with Gasteiger partial charge in [-0.3, -0.25) is 14.5 Å². The molecule has 1 atom stereocenters. The molecule has 0 spiro atoms. The standard InChI is InChI=1S/C18H29N3O2/c1-7-19-16(22)11-21(8-2)15(6)18(23)20-17-13(4)9-12(3)10-14(17)5/h9-10,15H,7-8,11H2,1-6H3,(H,19,22)(H,20,23)/t15-/m1/s1. The van der Waals surface area contributed by atoms with E-state index >= 15 is 0 Å². The largest absolute Gasteiger partial charge is 0.355 e. The van der Waals surface area contributed by atoms with Crippen molar-refractivity contribution >= 4 is 17.5 Å². The van der Waals surface area contributed by atoms with Crippen LogP contribution in [0.3, 0.4) is 0 Å². The number of carbonyl (C=O) groups is 2. The van der Waals surface area contributed by atoms with Crippen molar-refractivity contribution in [3.8, 4) is 0 Å². The molecule has 1 rings (SSSR count). The average molecular weight is 319 g/mol. The minimum absolute atomic E-state index is 0.0586. The van der Waals surface area contributed by atoms with Crippen LogP contribution in [0.2, 0.25) is 0 Å². The Morgan fingerprint density at radius 1 is 1.13 bits per heavy atom. The molecule has 0 aromatic heterocycles. The fraction of sp³-hybridized carbons (Fsp3) is 0.556. The van der Waals surface area contributed by atoms with E-state index in [1.807, 2.05) is 46.4 Å². The summed E-state index contributed by atoms with van der Waals surface area (Å²) in [7, 11) is 0. The number of nitrogens with zero attached hydrogens (tertiary/aromatic N) is 1. The highest BCUT2D eigenvalue weighted by Gasteiger charge is 2.22. The first-order valence-electron chi connectivity index (χ1n) is 8.19. The van der Waals surface area contributed by atoms with Crippen LogP contribution in [-0.4, -0.2) is 42.4 Å². The van der Waals surface area contributed by atoms with Crippen LogP contribution in [0.5, 0.6) is 0 Å². The van der Waals surface area contributed by atoms with E-state index in [0.717, 1.165) is 16.8 Å². The molecule has 2 amide bonds. The third kappa shape index (κ3) is 5.36. The van der Waals surface area contributed by atoms with E-state index in [9.17, 15) is 9.59 Å². The summed E-state index contributed by atoms with van der Waals surface area (Å²) in [5.41, 5.74) is 4.14. The van der Waals surface area contributed by atoms with Crippen molar-refractivity contribution in [3.05, 3.63) is 28.8 Å². The van der Waals surface area contributed by atoms with E-state index in [0.29, 0.717) is 13.1 Å². The number of anilines is 1. The predicted octanol–water partition coefficient (Wildman–Crippen LogP) is 2.40. The van der Waals surface area contributed by atoms with Gasteiger partial charge in [-0.1, -0.05) is 24.6 Å². The summed E-state index contributed by atoms with van der Waals surface area (Å²) >= 11 is 0. The van der Waals surface area contributed by atoms with Gasteiger partial charge in [0.2, 0.25) is 11.8 Å². The highest BCUT2D eigenvalue weighted by molar-refractivity contribution is 5.96. The molecule has 0 aliphatic carbocycles. The summed E-state index contributed by atoms with van der Waals surface area (Å²) in [5, 5.41) is 5.78. The van der Waals surface area contributed by atoms with Crippen LogP contribution in [0.15, 0.2) is 12.1 Å². The van der Waals surface area contributed by atoms with Crippen LogP contribution >= 0.6 is 0 Å². The van der Waals surface area contributed by atoms with Crippen molar-refractivity contribution in [2.75, 3.05) is 25.0 Å². The number of nitrogens with one attached hydrogen (secondary N) is 2. The zero-order valence-corrected chi connectivity index (χ0v) is 15.1. The van der Waals surface area contributed by atoms with Gasteiger partial charge in [0.15, 0.2) is 0 Å². The molecule has 5 nitrogen and oxygen atoms in total. The van der Waals surface area contributed by atoms with Crippen molar-refractivity contribution in [1.82, 2.24) is 10.2 Å². The number of hydrogen-bond donors (Lipinski definition) is 2. The molecule has 1 aromatic rings. The van der Waals surface area contributed by atoms with Crippen LogP contribution in [0.25, 0.3) is 0 Å². The molecule has 5 heteroatoms. The van der Waals surface area contributed by atoms with Gasteiger partial charge in [-0.05, 0) is 52.3 Å². The first-order chi connectivity index (χ1) is 10.8. The molecular formula is C18H29N3O2. The fourth-order valence-corrected chi connectivity index (χ4v) is 2.73. The molecule has 0 bridgehead atoms. The maximum Gasteiger partial charge on any atom is 0.241 e. The van der Waals surface area contributed by atoms with E-state index in [4.69, 9.17) is 0 Å². The molecule has 23 heavy (non-hydrogen) atoms. The molecule has 0 fully saturated rings. The van der Waals surface area contributed by atoms with Crippen LogP contribution in [0.4, 0.5) is 5.69 Å². The summed E-state index contributed by atoms with van der Waals surface area (Å²) in [6.45, 7) is 13.1. The molecule has 0 unspecified atom stereocenters. The lowest BCUT2D eigenvalue weighted by atomic mass is 10.0. The third-order valence-corrected chi connectivity index (χ3v) is 3.98. The van der Waals surface area contributed by atoms with Gasteiger partial charge in [0.05, 0.1) is 12.6 Å². The zero-order chi connectivity index (χ0) is 17.6. The van der Waals surface area contributed by atoms with Crippen LogP contribution < -0.4 is 10.6 Å². The average Bonchev–Trinajstić information content (AvgIpc) is 2.47. The first-order valence-corrected chi connectivity index (χ1v) is 8.19. The summed E-state index contributed by atoms with van der Waals surface area (Å²) in [5.74, 6) is -0.150. The van der Waals surface area contributed by atoms with Crippen molar-refractivity contribution < 1.29 is 9.59 Å². The smallest absolute Gasteiger partial charge is 0.241 e. The molecule has 0 heterocycles. The van der Waals surface area contributed by atoms with Crippen molar-refractivity contribution in [3.63, 3.8) is 0 Å². The van der Waals surface area contributed by atoms with Gasteiger partial charge in [0, 0.05) is 12.2 Å². The third-order valence-electron chi connectivity index (χ3n) is 3.98. The molecule has 0 radical (unpaired) electrons. The Morgan fingerprint density at radius 3 is 2.17 bits per heavy atom. The Hall–Kier alpha value is -1.88. The monoisotopic (exact) mass is 319 g/mol. The Morgan fingerprint density at radius 2 is 1.70 bits per heavy atom. The SMILES string of the molecule is CCNC(=O)CN(CC)[C@H](C)C(=O)Nc1c(C)cc(C)cc1C. The molecule has 128 valence electrons. The molecular weight excluding hydrogens is 290 g/mol. The van der Waals surface area contributed by atoms with Gasteiger partial charge in [0.25, 0.3) is 0 Å². The van der Waals surface area contributed by atoms with Crippen molar-refractivity contribution in [2.24, 2.45) is 0 Å². The van der Waals surface area contributed by atoms with E-state index < -0.39 is 0 Å². The second-order valence-corrected chi connectivity index (χ2v) is 5.96. The number of benzene rings is 1. The highest BCUT2D eigenvalue weighted by Crippen LogP contribution is 2.22. The predicted molar refractivity (Wildman–Crippen MR) is 94.7 cm³/mol. The second kappa shape index (κ2) is 8.67. The second-order valence-electron chi connectivity index (χ2n) is 5.96. The summed E-state index contributed by atoms with van der Waals surface area (Å²) < 4.78 is 0. The van der Waals surface area contributed by atoms with Crippen LogP contribution in [0, 0.1) is 20.8 Å². The molecule has 2 N–H and O–H groups in total. The van der Waals surface area contributed by atoms with E-state index in [2.05, 4.69) is 22.8 Å². The lowest BCUT2D eigenvalue weighted by molar-refractivity contribution is -0.125. The van der Waals surface area contributed by atoms with Gasteiger partial charge in [-0.25, -0.2) is 0 Å². The number of rotatable bonds is 7. The summed E-state index contributed by atoms with van der Waals surface area (Å²) in [6.07, 6.45) is 0. The number of amides is 2. The van der Waals surface area contributed by atoms with E-state index in [1.165, 1.54) is 5.56 Å². The van der Waals surface area contributed by atoms with Crippen LogP contribution in [-0.2, 0) is 9.59 Å². The Labute approximate surface area is 139 Å². The van der Waals surface area contributed by atoms with Crippen LogP contribution in [0.1, 0.15) is 37.5 Å². The number of carbonyl (C=O) groups excluding carboxylic acids is 2. The molecule has 0 saturated heterocycles. The quantitative estimate of drug-likeness (QED) is 0.811. The molecule has 1 aromatic carbocycles. The Bertz CT molecular complexity index is 546. The maximum atomic E-state index is 12.6. The Kier molecular flexibility index (Phi) is 7.23. The van der Waals surface area contributed by atoms with E-state index in [1.54, 1.807) is 0 Å². The normalized spacial score (nSPS) is 12.1. The number of hydrogen-bond acceptors (Lipinski definition) is 3. The fourth-order valence-electron chi connectivity index (χ4n) is 2.73. The lowest BCUT2D eigenvalue weighted by Crippen LogP contribution is -2.47. The van der Waals surface area contributed by atoms with Gasteiger partial charge >= 0.3 is 0 Å². The van der Waals surface area contributed by atoms with E-state index in [-0.39, 0.29) is 24.4 Å². The van der Waals surface area contributed by atoms with Crippen molar-refractivity contribution in [2.45, 2.75) is 47.6 Å². The topological polar surface area (TPSA) is 61.4 Å². The first kappa shape index (κ1) is 19.2. The minimum Gasteiger partial charge on any atom is -0.355 e. The lowest BCUT2D eigenvalue weighted by Gasteiger charge is -2.26. The van der Waals surface area contributed by atoms with Gasteiger partial charge in [0.1, 0.15) is 0 Å². The van der Waals surface area contributed by atoms with Gasteiger partial charge < -0.3 is 10.6 Å². The molecule has 0 aliphatic heterocycles. The molecule has 0 saturated carbocycles. The maximum absolute atomic E-state index is 12.6. The van der Waals surface area contributed by atoms with Crippen molar-refractivity contribution in [1.29, 1.82) is 0 Å².